The van der Waals surface area contributed by atoms with Crippen LogP contribution in [0.5, 0.6) is 0 Å². The number of hydrogen-bond acceptors (Lipinski definition) is 4. The zero-order chi connectivity index (χ0) is 12.4. The summed E-state index contributed by atoms with van der Waals surface area (Å²) in [7, 11) is 0. The third kappa shape index (κ3) is 2.94. The Morgan fingerprint density at radius 3 is 2.88 bits per heavy atom. The van der Waals surface area contributed by atoms with Crippen molar-refractivity contribution in [3.8, 4) is 0 Å². The summed E-state index contributed by atoms with van der Waals surface area (Å²) in [5.41, 5.74) is 0.853. The normalized spacial score (nSPS) is 20.7. The number of β-amino-alcohol motifs (C(OH)–C–C–N with tert-alkyl or cyclic N) is 1. The molecule has 6 heteroatoms. The van der Waals surface area contributed by atoms with Crippen molar-refractivity contribution >= 4 is 17.3 Å². The molecule has 1 aromatic rings. The molecular weight excluding hydrogens is 244 g/mol. The minimum Gasteiger partial charge on any atom is -0.392 e. The number of benzene rings is 1. The predicted molar refractivity (Wildman–Crippen MR) is 64.0 cm³/mol. The molecule has 1 aliphatic heterocycles. The standard InChI is InChI=1S/C11H13ClN2O3/c12-11-5-9(14(16)17)2-1-8(11)6-13-4-3-10(15)7-13/h1-2,5,10,15H,3-4,6-7H2/t10-/m1/s1. The summed E-state index contributed by atoms with van der Waals surface area (Å²) >= 11 is 5.99. The number of nitro benzene ring substituents is 1. The molecule has 1 fully saturated rings. The van der Waals surface area contributed by atoms with E-state index in [-0.39, 0.29) is 11.8 Å². The highest BCUT2D eigenvalue weighted by Gasteiger charge is 2.21. The van der Waals surface area contributed by atoms with Crippen LogP contribution in [-0.4, -0.2) is 34.1 Å². The van der Waals surface area contributed by atoms with Gasteiger partial charge in [0.2, 0.25) is 0 Å². The number of nitro groups is 1. The van der Waals surface area contributed by atoms with E-state index in [1.165, 1.54) is 12.1 Å². The van der Waals surface area contributed by atoms with Crippen molar-refractivity contribution in [2.75, 3.05) is 13.1 Å². The van der Waals surface area contributed by atoms with Gasteiger partial charge in [0, 0.05) is 31.8 Å². The third-order valence-corrected chi connectivity index (χ3v) is 3.24. The van der Waals surface area contributed by atoms with Crippen molar-refractivity contribution in [2.24, 2.45) is 0 Å². The number of hydrogen-bond donors (Lipinski definition) is 1. The molecule has 1 aromatic carbocycles. The fourth-order valence-corrected chi connectivity index (χ4v) is 2.21. The van der Waals surface area contributed by atoms with Gasteiger partial charge in [0.25, 0.3) is 5.69 Å². The van der Waals surface area contributed by atoms with E-state index in [2.05, 4.69) is 4.90 Å². The maximum atomic E-state index is 10.6. The zero-order valence-corrected chi connectivity index (χ0v) is 9.93. The Balaban J connectivity index is 2.09. The van der Waals surface area contributed by atoms with Crippen molar-refractivity contribution in [3.63, 3.8) is 0 Å². The lowest BCUT2D eigenvalue weighted by atomic mass is 10.2. The minimum atomic E-state index is -0.463. The molecule has 2 rings (SSSR count). The van der Waals surface area contributed by atoms with E-state index < -0.39 is 4.92 Å². The second-order valence-electron chi connectivity index (χ2n) is 4.21. The first-order chi connectivity index (χ1) is 8.06. The molecular formula is C11H13ClN2O3. The molecule has 0 saturated carbocycles. The molecule has 0 radical (unpaired) electrons. The molecule has 0 unspecified atom stereocenters. The van der Waals surface area contributed by atoms with Gasteiger partial charge < -0.3 is 5.11 Å². The molecule has 5 nitrogen and oxygen atoms in total. The van der Waals surface area contributed by atoms with Crippen LogP contribution in [0, 0.1) is 10.1 Å². The summed E-state index contributed by atoms with van der Waals surface area (Å²) in [6.07, 6.45) is 0.497. The van der Waals surface area contributed by atoms with Crippen molar-refractivity contribution in [1.82, 2.24) is 4.90 Å². The summed E-state index contributed by atoms with van der Waals surface area (Å²) in [6, 6.07) is 4.49. The van der Waals surface area contributed by atoms with Crippen LogP contribution in [0.4, 0.5) is 5.69 Å². The van der Waals surface area contributed by atoms with Crippen LogP contribution < -0.4 is 0 Å². The lowest BCUT2D eigenvalue weighted by molar-refractivity contribution is -0.384. The average Bonchev–Trinajstić information content (AvgIpc) is 2.67. The Morgan fingerprint density at radius 1 is 1.59 bits per heavy atom. The van der Waals surface area contributed by atoms with E-state index in [0.29, 0.717) is 18.1 Å². The van der Waals surface area contributed by atoms with Crippen molar-refractivity contribution < 1.29 is 10.0 Å². The van der Waals surface area contributed by atoms with Crippen LogP contribution >= 0.6 is 11.6 Å². The number of halogens is 1. The number of rotatable bonds is 3. The lowest BCUT2D eigenvalue weighted by Gasteiger charge is -2.15. The first-order valence-electron chi connectivity index (χ1n) is 5.39. The summed E-state index contributed by atoms with van der Waals surface area (Å²) in [6.45, 7) is 2.08. The number of likely N-dealkylation sites (tertiary alicyclic amines) is 1. The molecule has 0 bridgehead atoms. The minimum absolute atomic E-state index is 0.000191. The van der Waals surface area contributed by atoms with Crippen LogP contribution in [0.1, 0.15) is 12.0 Å². The molecule has 92 valence electrons. The van der Waals surface area contributed by atoms with E-state index in [1.807, 2.05) is 0 Å². The molecule has 17 heavy (non-hydrogen) atoms. The van der Waals surface area contributed by atoms with Crippen LogP contribution in [-0.2, 0) is 6.54 Å². The van der Waals surface area contributed by atoms with E-state index in [9.17, 15) is 15.2 Å². The fourth-order valence-electron chi connectivity index (χ4n) is 1.97. The lowest BCUT2D eigenvalue weighted by Crippen LogP contribution is -2.21. The Hall–Kier alpha value is -1.17. The Bertz CT molecular complexity index is 439. The van der Waals surface area contributed by atoms with Gasteiger partial charge in [-0.1, -0.05) is 11.6 Å². The summed E-state index contributed by atoms with van der Waals surface area (Å²) in [4.78, 5) is 12.2. The molecule has 1 aliphatic rings. The van der Waals surface area contributed by atoms with E-state index in [4.69, 9.17) is 11.6 Å². The van der Waals surface area contributed by atoms with Gasteiger partial charge in [-0.2, -0.15) is 0 Å². The molecule has 0 aromatic heterocycles. The summed E-state index contributed by atoms with van der Waals surface area (Å²) in [5, 5.41) is 20.4. The third-order valence-electron chi connectivity index (χ3n) is 2.89. The van der Waals surface area contributed by atoms with E-state index in [1.54, 1.807) is 6.07 Å². The van der Waals surface area contributed by atoms with Crippen LogP contribution in [0.25, 0.3) is 0 Å². The maximum Gasteiger partial charge on any atom is 0.270 e. The van der Waals surface area contributed by atoms with Gasteiger partial charge in [-0.25, -0.2) is 0 Å². The maximum absolute atomic E-state index is 10.6. The average molecular weight is 257 g/mol. The Kier molecular flexibility index (Phi) is 3.61. The zero-order valence-electron chi connectivity index (χ0n) is 9.17. The van der Waals surface area contributed by atoms with Gasteiger partial charge >= 0.3 is 0 Å². The second-order valence-corrected chi connectivity index (χ2v) is 4.62. The molecule has 1 heterocycles. The van der Waals surface area contributed by atoms with Crippen molar-refractivity contribution in [2.45, 2.75) is 19.1 Å². The topological polar surface area (TPSA) is 66.6 Å². The number of non-ortho nitro benzene ring substituents is 1. The predicted octanol–water partition coefficient (Wildman–Crippen LogP) is 1.81. The SMILES string of the molecule is O=[N+]([O-])c1ccc(CN2CC[C@@H](O)C2)c(Cl)c1. The Morgan fingerprint density at radius 2 is 2.35 bits per heavy atom. The molecule has 1 saturated heterocycles. The van der Waals surface area contributed by atoms with Gasteiger partial charge in [0.1, 0.15) is 0 Å². The van der Waals surface area contributed by atoms with E-state index in [0.717, 1.165) is 18.5 Å². The molecule has 0 aliphatic carbocycles. The molecule has 0 amide bonds. The van der Waals surface area contributed by atoms with Crippen LogP contribution in [0.3, 0.4) is 0 Å². The highest BCUT2D eigenvalue weighted by Crippen LogP contribution is 2.24. The van der Waals surface area contributed by atoms with Crippen molar-refractivity contribution in [1.29, 1.82) is 0 Å². The summed E-state index contributed by atoms with van der Waals surface area (Å²) in [5.74, 6) is 0. The van der Waals surface area contributed by atoms with E-state index >= 15 is 0 Å². The largest absolute Gasteiger partial charge is 0.392 e. The van der Waals surface area contributed by atoms with Gasteiger partial charge in [0.05, 0.1) is 16.0 Å². The van der Waals surface area contributed by atoms with Crippen LogP contribution in [0.2, 0.25) is 5.02 Å². The van der Waals surface area contributed by atoms with Crippen LogP contribution in [0.15, 0.2) is 18.2 Å². The first kappa shape index (κ1) is 12.3. The van der Waals surface area contributed by atoms with Crippen molar-refractivity contribution in [3.05, 3.63) is 38.9 Å². The first-order valence-corrected chi connectivity index (χ1v) is 5.77. The fraction of sp³-hybridized carbons (Fsp3) is 0.455. The van der Waals surface area contributed by atoms with Gasteiger partial charge in [-0.3, -0.25) is 15.0 Å². The van der Waals surface area contributed by atoms with Gasteiger partial charge in [-0.05, 0) is 18.1 Å². The smallest absolute Gasteiger partial charge is 0.270 e. The Labute approximate surface area is 104 Å². The second kappa shape index (κ2) is 5.00. The molecule has 0 spiro atoms. The quantitative estimate of drug-likeness (QED) is 0.662. The summed E-state index contributed by atoms with van der Waals surface area (Å²) < 4.78 is 0. The number of aliphatic hydroxyl groups excluding tert-OH is 1. The van der Waals surface area contributed by atoms with Gasteiger partial charge in [0.15, 0.2) is 0 Å². The van der Waals surface area contributed by atoms with Gasteiger partial charge in [-0.15, -0.1) is 0 Å². The monoisotopic (exact) mass is 256 g/mol. The molecule has 1 atom stereocenters. The highest BCUT2D eigenvalue weighted by atomic mass is 35.5. The molecule has 1 N–H and O–H groups in total. The number of aliphatic hydroxyl groups is 1. The highest BCUT2D eigenvalue weighted by molar-refractivity contribution is 6.31. The number of nitrogens with zero attached hydrogens (tertiary/aromatic N) is 2.